The second kappa shape index (κ2) is 6.60. The molecule has 0 amide bonds. The Morgan fingerprint density at radius 1 is 1.38 bits per heavy atom. The number of likely N-dealkylation sites (tertiary alicyclic amines) is 1. The molecule has 2 atom stereocenters. The third-order valence-electron chi connectivity index (χ3n) is 4.67. The summed E-state index contributed by atoms with van der Waals surface area (Å²) >= 11 is 0. The van der Waals surface area contributed by atoms with Crippen LogP contribution in [0.3, 0.4) is 0 Å². The molecule has 24 heavy (non-hydrogen) atoms. The third-order valence-corrected chi connectivity index (χ3v) is 4.67. The van der Waals surface area contributed by atoms with Crippen molar-refractivity contribution in [1.29, 1.82) is 0 Å². The first-order valence-electron chi connectivity index (χ1n) is 7.96. The smallest absolute Gasteiger partial charge is 0.455 e. The zero-order chi connectivity index (χ0) is 17.4. The Balaban J connectivity index is 1.76. The minimum absolute atomic E-state index is 0.128. The molecule has 3 rings (SSSR count). The molecule has 0 bridgehead atoms. The Morgan fingerprint density at radius 2 is 2.08 bits per heavy atom. The second-order valence-corrected chi connectivity index (χ2v) is 6.39. The van der Waals surface area contributed by atoms with Crippen LogP contribution in [0.5, 0.6) is 11.5 Å². The van der Waals surface area contributed by atoms with Gasteiger partial charge in [-0.3, -0.25) is 4.90 Å². The van der Waals surface area contributed by atoms with Gasteiger partial charge in [-0.05, 0) is 24.0 Å². The van der Waals surface area contributed by atoms with Crippen LogP contribution in [0.1, 0.15) is 28.3 Å². The van der Waals surface area contributed by atoms with Gasteiger partial charge in [0.1, 0.15) is 23.2 Å². The summed E-state index contributed by atoms with van der Waals surface area (Å²) < 4.78 is 5.71. The highest BCUT2D eigenvalue weighted by Gasteiger charge is 2.48. The van der Waals surface area contributed by atoms with E-state index in [2.05, 4.69) is 4.90 Å². The van der Waals surface area contributed by atoms with Crippen molar-refractivity contribution in [3.05, 3.63) is 23.3 Å². The van der Waals surface area contributed by atoms with Crippen LogP contribution in [0.25, 0.3) is 0 Å². The van der Waals surface area contributed by atoms with Crippen molar-refractivity contribution in [3.8, 4) is 11.5 Å². The summed E-state index contributed by atoms with van der Waals surface area (Å²) in [5.41, 5.74) is 5.61. The highest BCUT2D eigenvalue weighted by atomic mass is 16.5. The van der Waals surface area contributed by atoms with Gasteiger partial charge in [0.2, 0.25) is 0 Å². The third kappa shape index (κ3) is 3.20. The topological polar surface area (TPSA) is 136 Å². The van der Waals surface area contributed by atoms with Crippen molar-refractivity contribution in [2.24, 2.45) is 5.73 Å². The van der Waals surface area contributed by atoms with Crippen LogP contribution in [0.4, 0.5) is 0 Å². The Morgan fingerprint density at radius 3 is 2.62 bits per heavy atom. The van der Waals surface area contributed by atoms with Gasteiger partial charge in [0.15, 0.2) is 0 Å². The second-order valence-electron chi connectivity index (χ2n) is 6.39. The molecule has 2 fully saturated rings. The Labute approximate surface area is 139 Å². The number of rotatable bonds is 7. The van der Waals surface area contributed by atoms with Gasteiger partial charge in [-0.15, -0.1) is 0 Å². The molecule has 1 aromatic rings. The van der Waals surface area contributed by atoms with Gasteiger partial charge in [-0.2, -0.15) is 0 Å². The number of ether oxygens (including phenoxy) is 1. The number of hydrogen-bond donors (Lipinski definition) is 5. The van der Waals surface area contributed by atoms with Gasteiger partial charge >= 0.3 is 13.1 Å². The number of carbonyl (C=O) groups is 1. The van der Waals surface area contributed by atoms with E-state index < -0.39 is 13.1 Å². The van der Waals surface area contributed by atoms with Gasteiger partial charge in [0.05, 0.1) is 0 Å². The van der Waals surface area contributed by atoms with E-state index >= 15 is 0 Å². The molecular weight excluding hydrogens is 315 g/mol. The highest BCUT2D eigenvalue weighted by molar-refractivity contribution is 6.44. The predicted octanol–water partition coefficient (Wildman–Crippen LogP) is -0.558. The van der Waals surface area contributed by atoms with Crippen LogP contribution >= 0.6 is 0 Å². The van der Waals surface area contributed by atoms with Gasteiger partial charge in [-0.1, -0.05) is 6.07 Å². The van der Waals surface area contributed by atoms with Crippen LogP contribution in [-0.4, -0.2) is 70.5 Å². The summed E-state index contributed by atoms with van der Waals surface area (Å²) in [6.07, 6.45) is 0.370. The Bertz CT molecular complexity index is 635. The number of carboxylic acids is 1. The average molecular weight is 336 g/mol. The molecule has 1 aliphatic carbocycles. The lowest BCUT2D eigenvalue weighted by Crippen LogP contribution is -2.55. The molecule has 130 valence electrons. The lowest BCUT2D eigenvalue weighted by molar-refractivity contribution is 0.0210. The lowest BCUT2D eigenvalue weighted by Gasteiger charge is -2.38. The molecule has 0 spiro atoms. The minimum atomic E-state index is -1.47. The summed E-state index contributed by atoms with van der Waals surface area (Å²) in [5, 5.41) is 38.1. The maximum atomic E-state index is 11.5. The first kappa shape index (κ1) is 17.0. The SMILES string of the molecule is NCCN1CC(Oc2ccc([C@H]3C[C@H]3B(O)O)c(O)c2C(=O)O)C1. The Kier molecular flexibility index (Phi) is 4.68. The molecule has 1 aromatic carbocycles. The van der Waals surface area contributed by atoms with Crippen molar-refractivity contribution in [1.82, 2.24) is 4.90 Å². The van der Waals surface area contributed by atoms with Crippen LogP contribution in [0.15, 0.2) is 12.1 Å². The van der Waals surface area contributed by atoms with Gasteiger partial charge in [-0.25, -0.2) is 4.79 Å². The van der Waals surface area contributed by atoms with E-state index in [4.69, 9.17) is 10.5 Å². The number of carboxylic acid groups (broad SMARTS) is 1. The number of nitrogens with two attached hydrogens (primary N) is 1. The standard InChI is InChI=1S/C15H21BN2O6/c17-3-4-18-6-8(7-18)24-12-2-1-9(10-5-11(10)16(22)23)14(19)13(12)15(20)21/h1-2,8,10-11,19,22-23H,3-7,17H2,(H,20,21)/t10-,11-/m1/s1. The zero-order valence-electron chi connectivity index (χ0n) is 13.1. The van der Waals surface area contributed by atoms with Crippen molar-refractivity contribution in [2.45, 2.75) is 24.3 Å². The number of nitrogens with zero attached hydrogens (tertiary/aromatic N) is 1. The number of benzene rings is 1. The van der Waals surface area contributed by atoms with Gasteiger partial charge in [0, 0.05) is 32.0 Å². The normalized spacial score (nSPS) is 23.6. The van der Waals surface area contributed by atoms with E-state index in [1.54, 1.807) is 6.07 Å². The fraction of sp³-hybridized carbons (Fsp3) is 0.533. The first-order chi connectivity index (χ1) is 11.4. The molecule has 1 saturated heterocycles. The number of aromatic carboxylic acids is 1. The largest absolute Gasteiger partial charge is 0.507 e. The maximum absolute atomic E-state index is 11.5. The van der Waals surface area contributed by atoms with Crippen molar-refractivity contribution >= 4 is 13.1 Å². The van der Waals surface area contributed by atoms with Crippen LogP contribution < -0.4 is 10.5 Å². The van der Waals surface area contributed by atoms with E-state index in [0.29, 0.717) is 31.6 Å². The van der Waals surface area contributed by atoms with Crippen LogP contribution in [0.2, 0.25) is 5.82 Å². The molecule has 0 unspecified atom stereocenters. The highest BCUT2D eigenvalue weighted by Crippen LogP contribution is 2.56. The van der Waals surface area contributed by atoms with E-state index in [0.717, 1.165) is 6.54 Å². The number of phenols is 1. The number of aromatic hydroxyl groups is 1. The molecule has 8 nitrogen and oxygen atoms in total. The molecule has 6 N–H and O–H groups in total. The fourth-order valence-corrected chi connectivity index (χ4v) is 3.24. The molecule has 2 aliphatic rings. The average Bonchev–Trinajstić information content (AvgIpc) is 3.25. The molecule has 1 aliphatic heterocycles. The molecule has 0 radical (unpaired) electrons. The van der Waals surface area contributed by atoms with Crippen molar-refractivity contribution in [2.75, 3.05) is 26.2 Å². The monoisotopic (exact) mass is 336 g/mol. The van der Waals surface area contributed by atoms with E-state index in [-0.39, 0.29) is 34.9 Å². The van der Waals surface area contributed by atoms with Crippen molar-refractivity contribution < 1.29 is 29.8 Å². The zero-order valence-corrected chi connectivity index (χ0v) is 13.1. The number of hydrogen-bond acceptors (Lipinski definition) is 7. The van der Waals surface area contributed by atoms with Crippen molar-refractivity contribution in [3.63, 3.8) is 0 Å². The van der Waals surface area contributed by atoms with E-state index in [1.807, 2.05) is 0 Å². The quantitative estimate of drug-likeness (QED) is 0.418. The predicted molar refractivity (Wildman–Crippen MR) is 86.3 cm³/mol. The molecule has 1 heterocycles. The summed E-state index contributed by atoms with van der Waals surface area (Å²) in [7, 11) is -1.47. The minimum Gasteiger partial charge on any atom is -0.507 e. The van der Waals surface area contributed by atoms with E-state index in [9.17, 15) is 25.1 Å². The van der Waals surface area contributed by atoms with Gasteiger partial charge in [0.25, 0.3) is 0 Å². The molecular formula is C15H21BN2O6. The maximum Gasteiger partial charge on any atom is 0.455 e. The first-order valence-corrected chi connectivity index (χ1v) is 7.96. The van der Waals surface area contributed by atoms with Crippen LogP contribution in [-0.2, 0) is 0 Å². The molecule has 0 aromatic heterocycles. The molecule has 1 saturated carbocycles. The fourth-order valence-electron chi connectivity index (χ4n) is 3.24. The van der Waals surface area contributed by atoms with Gasteiger partial charge < -0.3 is 30.7 Å². The molecule has 9 heteroatoms. The van der Waals surface area contributed by atoms with E-state index in [1.165, 1.54) is 6.07 Å². The lowest BCUT2D eigenvalue weighted by atomic mass is 9.81. The van der Waals surface area contributed by atoms with Crippen LogP contribution in [0, 0.1) is 0 Å². The Hall–Kier alpha value is -1.81. The summed E-state index contributed by atoms with van der Waals surface area (Å²) in [6.45, 7) is 2.66. The summed E-state index contributed by atoms with van der Waals surface area (Å²) in [5.74, 6) is -2.12. The summed E-state index contributed by atoms with van der Waals surface area (Å²) in [4.78, 5) is 13.6. The summed E-state index contributed by atoms with van der Waals surface area (Å²) in [6, 6.07) is 3.13.